The highest BCUT2D eigenvalue weighted by Crippen LogP contribution is 2.24. The van der Waals surface area contributed by atoms with Crippen molar-refractivity contribution < 1.29 is 4.42 Å². The van der Waals surface area contributed by atoms with Crippen LogP contribution in [-0.2, 0) is 7.05 Å². The van der Waals surface area contributed by atoms with Crippen LogP contribution in [0.5, 0.6) is 0 Å². The van der Waals surface area contributed by atoms with Crippen LogP contribution in [0, 0.1) is 0 Å². The maximum absolute atomic E-state index is 12.4. The molecular weight excluding hydrogens is 354 g/mol. The molecule has 2 aromatic carbocycles. The minimum absolute atomic E-state index is 0.156. The summed E-state index contributed by atoms with van der Waals surface area (Å²) in [6.07, 6.45) is 0. The Labute approximate surface area is 153 Å². The first kappa shape index (κ1) is 16.5. The zero-order valence-corrected chi connectivity index (χ0v) is 14.9. The van der Waals surface area contributed by atoms with Crippen molar-refractivity contribution in [1.29, 1.82) is 0 Å². The predicted octanol–water partition coefficient (Wildman–Crippen LogP) is 3.80. The quantitative estimate of drug-likeness (QED) is 0.575. The van der Waals surface area contributed by atoms with Crippen molar-refractivity contribution in [2.45, 2.75) is 13.0 Å². The lowest BCUT2D eigenvalue weighted by atomic mass is 10.1. The lowest BCUT2D eigenvalue weighted by Crippen LogP contribution is -2.19. The molecule has 0 bridgehead atoms. The van der Waals surface area contributed by atoms with E-state index in [1.54, 1.807) is 25.2 Å². The molecule has 4 aromatic rings. The van der Waals surface area contributed by atoms with Crippen molar-refractivity contribution in [2.24, 2.45) is 7.05 Å². The minimum Gasteiger partial charge on any atom is -0.408 e. The molecule has 2 aromatic heterocycles. The summed E-state index contributed by atoms with van der Waals surface area (Å²) in [4.78, 5) is 26.9. The van der Waals surface area contributed by atoms with Crippen LogP contribution < -0.4 is 16.6 Å². The van der Waals surface area contributed by atoms with Gasteiger partial charge in [-0.25, -0.2) is 4.79 Å². The molecule has 2 heterocycles. The van der Waals surface area contributed by atoms with Crippen LogP contribution in [0.3, 0.4) is 0 Å². The molecule has 0 spiro atoms. The van der Waals surface area contributed by atoms with Crippen LogP contribution >= 0.6 is 11.6 Å². The lowest BCUT2D eigenvalue weighted by Gasteiger charge is -2.15. The molecule has 4 rings (SSSR count). The van der Waals surface area contributed by atoms with Crippen molar-refractivity contribution >= 4 is 39.3 Å². The van der Waals surface area contributed by atoms with Crippen LogP contribution in [0.25, 0.3) is 22.0 Å². The molecule has 2 N–H and O–H groups in total. The van der Waals surface area contributed by atoms with Gasteiger partial charge in [0.05, 0.1) is 11.6 Å². The molecular formula is C19H16ClN3O3. The Morgan fingerprint density at radius 2 is 1.96 bits per heavy atom. The maximum Gasteiger partial charge on any atom is 0.419 e. The topological polar surface area (TPSA) is 80.0 Å². The lowest BCUT2D eigenvalue weighted by molar-refractivity contribution is 0.528. The molecule has 1 unspecified atom stereocenters. The van der Waals surface area contributed by atoms with Gasteiger partial charge in [-0.2, -0.15) is 0 Å². The van der Waals surface area contributed by atoms with Gasteiger partial charge in [-0.1, -0.05) is 11.6 Å². The number of halogens is 1. The molecule has 0 aliphatic carbocycles. The van der Waals surface area contributed by atoms with E-state index in [1.165, 1.54) is 4.57 Å². The Bertz CT molecular complexity index is 1250. The van der Waals surface area contributed by atoms with Gasteiger partial charge in [0, 0.05) is 34.2 Å². The molecule has 7 heteroatoms. The second-order valence-electron chi connectivity index (χ2n) is 6.26. The van der Waals surface area contributed by atoms with Gasteiger partial charge in [0.2, 0.25) is 0 Å². The van der Waals surface area contributed by atoms with E-state index in [4.69, 9.17) is 16.0 Å². The monoisotopic (exact) mass is 369 g/mol. The molecule has 0 saturated heterocycles. The second kappa shape index (κ2) is 6.07. The third-order valence-electron chi connectivity index (χ3n) is 4.48. The highest BCUT2D eigenvalue weighted by molar-refractivity contribution is 6.31. The largest absolute Gasteiger partial charge is 0.419 e. The first-order valence-corrected chi connectivity index (χ1v) is 8.49. The maximum atomic E-state index is 12.4. The first-order chi connectivity index (χ1) is 12.4. The van der Waals surface area contributed by atoms with Crippen molar-refractivity contribution in [3.63, 3.8) is 0 Å². The second-order valence-corrected chi connectivity index (χ2v) is 6.70. The summed E-state index contributed by atoms with van der Waals surface area (Å²) in [5, 5.41) is 4.78. The number of hydrogen-bond acceptors (Lipinski definition) is 4. The number of fused-ring (bicyclic) bond motifs is 2. The fourth-order valence-corrected chi connectivity index (χ4v) is 3.24. The zero-order valence-electron chi connectivity index (χ0n) is 14.2. The third kappa shape index (κ3) is 2.78. The molecule has 26 heavy (non-hydrogen) atoms. The zero-order chi connectivity index (χ0) is 18.4. The van der Waals surface area contributed by atoms with E-state index in [0.29, 0.717) is 21.7 Å². The van der Waals surface area contributed by atoms with Crippen molar-refractivity contribution in [1.82, 2.24) is 9.55 Å². The van der Waals surface area contributed by atoms with Crippen LogP contribution in [-0.4, -0.2) is 9.55 Å². The highest BCUT2D eigenvalue weighted by atomic mass is 35.5. The summed E-state index contributed by atoms with van der Waals surface area (Å²) in [7, 11) is 1.65. The van der Waals surface area contributed by atoms with Gasteiger partial charge in [0.1, 0.15) is 0 Å². The molecule has 1 atom stereocenters. The van der Waals surface area contributed by atoms with E-state index in [2.05, 4.69) is 10.3 Å². The van der Waals surface area contributed by atoms with Crippen molar-refractivity contribution in [3.8, 4) is 0 Å². The van der Waals surface area contributed by atoms with E-state index >= 15 is 0 Å². The van der Waals surface area contributed by atoms with E-state index < -0.39 is 5.76 Å². The minimum atomic E-state index is -0.409. The summed E-state index contributed by atoms with van der Waals surface area (Å²) in [6, 6.07) is 12.3. The molecule has 0 saturated carbocycles. The number of nitrogens with zero attached hydrogens (tertiary/aromatic N) is 1. The molecule has 0 aliphatic rings. The predicted molar refractivity (Wildman–Crippen MR) is 103 cm³/mol. The smallest absolute Gasteiger partial charge is 0.408 e. The number of oxazole rings is 1. The third-order valence-corrected chi connectivity index (χ3v) is 4.71. The number of aromatic amines is 1. The van der Waals surface area contributed by atoms with Crippen LogP contribution in [0.2, 0.25) is 5.02 Å². The summed E-state index contributed by atoms with van der Waals surface area (Å²) < 4.78 is 6.57. The summed E-state index contributed by atoms with van der Waals surface area (Å²) in [5.74, 6) is -0.409. The van der Waals surface area contributed by atoms with Gasteiger partial charge >= 0.3 is 5.76 Å². The molecule has 0 radical (unpaired) electrons. The Balaban J connectivity index is 1.71. The van der Waals surface area contributed by atoms with E-state index in [0.717, 1.165) is 16.6 Å². The standard InChI is InChI=1S/C19H16ClN3O3/c1-10(14-8-11-7-12(20)3-5-15(11)22-18(14)24)21-13-4-6-17-16(9-13)23(2)19(25)26-17/h3-10,21H,1-2H3,(H,22,24). The van der Waals surface area contributed by atoms with Crippen LogP contribution in [0.1, 0.15) is 18.5 Å². The van der Waals surface area contributed by atoms with Gasteiger partial charge in [-0.05, 0) is 49.4 Å². The Morgan fingerprint density at radius 3 is 2.77 bits per heavy atom. The summed E-state index contributed by atoms with van der Waals surface area (Å²) >= 11 is 6.05. The van der Waals surface area contributed by atoms with Gasteiger partial charge in [0.25, 0.3) is 5.56 Å². The SMILES string of the molecule is CC(Nc1ccc2oc(=O)n(C)c2c1)c1cc2cc(Cl)ccc2[nH]c1=O. The Kier molecular flexibility index (Phi) is 3.85. The van der Waals surface area contributed by atoms with Crippen LogP contribution in [0.15, 0.2) is 56.5 Å². The molecule has 132 valence electrons. The average molecular weight is 370 g/mol. The Hall–Kier alpha value is -2.99. The van der Waals surface area contributed by atoms with Gasteiger partial charge < -0.3 is 14.7 Å². The molecule has 6 nitrogen and oxygen atoms in total. The first-order valence-electron chi connectivity index (χ1n) is 8.11. The van der Waals surface area contributed by atoms with Gasteiger partial charge in [-0.3, -0.25) is 9.36 Å². The Morgan fingerprint density at radius 1 is 1.15 bits per heavy atom. The fourth-order valence-electron chi connectivity index (χ4n) is 3.06. The van der Waals surface area contributed by atoms with E-state index in [9.17, 15) is 9.59 Å². The normalized spacial score (nSPS) is 12.6. The van der Waals surface area contributed by atoms with Crippen LogP contribution in [0.4, 0.5) is 5.69 Å². The van der Waals surface area contributed by atoms with Gasteiger partial charge in [-0.15, -0.1) is 0 Å². The summed E-state index contributed by atoms with van der Waals surface area (Å²) in [5.41, 5.74) is 3.18. The number of anilines is 1. The number of rotatable bonds is 3. The number of aromatic nitrogens is 2. The van der Waals surface area contributed by atoms with Crippen molar-refractivity contribution in [3.05, 3.63) is 74.0 Å². The van der Waals surface area contributed by atoms with Gasteiger partial charge in [0.15, 0.2) is 5.58 Å². The molecule has 0 aliphatic heterocycles. The number of hydrogen-bond donors (Lipinski definition) is 2. The number of benzene rings is 2. The number of nitrogens with one attached hydrogen (secondary N) is 2. The van der Waals surface area contributed by atoms with E-state index in [-0.39, 0.29) is 11.6 Å². The molecule has 0 amide bonds. The summed E-state index contributed by atoms with van der Waals surface area (Å²) in [6.45, 7) is 1.90. The average Bonchev–Trinajstić information content (AvgIpc) is 2.89. The number of aryl methyl sites for hydroxylation is 1. The fraction of sp³-hybridized carbons (Fsp3) is 0.158. The molecule has 0 fully saturated rings. The number of H-pyrrole nitrogens is 1. The van der Waals surface area contributed by atoms with Crippen molar-refractivity contribution in [2.75, 3.05) is 5.32 Å². The highest BCUT2D eigenvalue weighted by Gasteiger charge is 2.13. The van der Waals surface area contributed by atoms with E-state index in [1.807, 2.05) is 31.2 Å². The number of pyridine rings is 1.